The summed E-state index contributed by atoms with van der Waals surface area (Å²) >= 11 is 0. The lowest BCUT2D eigenvalue weighted by Gasteiger charge is -2.17. The van der Waals surface area contributed by atoms with Crippen molar-refractivity contribution < 1.29 is 24.5 Å². The standard InChI is InChI=1S/C22H42O5/c1-3-5-7-9-10-12-14-16-20(18-21(24)25)27-22(26)17-19(23)15-13-11-8-6-4-2/h19-20,23H,3-18H2,1-2H3,(H,24,25). The topological polar surface area (TPSA) is 83.8 Å². The van der Waals surface area contributed by atoms with E-state index in [0.29, 0.717) is 12.8 Å². The van der Waals surface area contributed by atoms with E-state index in [2.05, 4.69) is 13.8 Å². The van der Waals surface area contributed by atoms with Crippen LogP contribution in [0.3, 0.4) is 0 Å². The lowest BCUT2D eigenvalue weighted by Crippen LogP contribution is -2.24. The molecule has 2 N–H and O–H groups in total. The van der Waals surface area contributed by atoms with E-state index in [-0.39, 0.29) is 12.8 Å². The summed E-state index contributed by atoms with van der Waals surface area (Å²) < 4.78 is 5.34. The number of carbonyl (C=O) groups excluding carboxylic acids is 1. The first-order chi connectivity index (χ1) is 13.0. The molecule has 5 nitrogen and oxygen atoms in total. The first-order valence-corrected chi connectivity index (χ1v) is 11.1. The molecule has 0 spiro atoms. The van der Waals surface area contributed by atoms with E-state index < -0.39 is 24.1 Å². The van der Waals surface area contributed by atoms with Crippen LogP contribution in [0.4, 0.5) is 0 Å². The maximum Gasteiger partial charge on any atom is 0.308 e. The second-order valence-electron chi connectivity index (χ2n) is 7.68. The smallest absolute Gasteiger partial charge is 0.308 e. The fourth-order valence-electron chi connectivity index (χ4n) is 3.24. The van der Waals surface area contributed by atoms with Gasteiger partial charge in [0.1, 0.15) is 6.10 Å². The normalized spacial score (nSPS) is 13.3. The van der Waals surface area contributed by atoms with Crippen molar-refractivity contribution in [3.8, 4) is 0 Å². The fraction of sp³-hybridized carbons (Fsp3) is 0.909. The molecule has 5 heteroatoms. The molecule has 2 unspecified atom stereocenters. The Morgan fingerprint density at radius 3 is 1.74 bits per heavy atom. The van der Waals surface area contributed by atoms with Gasteiger partial charge in [-0.3, -0.25) is 9.59 Å². The van der Waals surface area contributed by atoms with E-state index in [1.807, 2.05) is 0 Å². The van der Waals surface area contributed by atoms with Crippen molar-refractivity contribution in [3.05, 3.63) is 0 Å². The summed E-state index contributed by atoms with van der Waals surface area (Å²) in [5.41, 5.74) is 0. The molecule has 0 rings (SSSR count). The number of hydrogen-bond acceptors (Lipinski definition) is 4. The second kappa shape index (κ2) is 18.3. The molecular formula is C22H42O5. The van der Waals surface area contributed by atoms with Gasteiger partial charge in [0.2, 0.25) is 0 Å². The number of rotatable bonds is 19. The molecule has 0 radical (unpaired) electrons. The van der Waals surface area contributed by atoms with Crippen LogP contribution in [-0.2, 0) is 14.3 Å². The summed E-state index contributed by atoms with van der Waals surface area (Å²) in [7, 11) is 0. The maximum absolute atomic E-state index is 12.0. The van der Waals surface area contributed by atoms with Crippen molar-refractivity contribution >= 4 is 11.9 Å². The van der Waals surface area contributed by atoms with E-state index in [9.17, 15) is 14.7 Å². The Labute approximate surface area is 165 Å². The van der Waals surface area contributed by atoms with E-state index in [4.69, 9.17) is 9.84 Å². The summed E-state index contributed by atoms with van der Waals surface area (Å²) in [4.78, 5) is 23.0. The molecule has 0 aromatic heterocycles. The molecule has 27 heavy (non-hydrogen) atoms. The van der Waals surface area contributed by atoms with Gasteiger partial charge >= 0.3 is 11.9 Å². The van der Waals surface area contributed by atoms with Crippen LogP contribution in [0.2, 0.25) is 0 Å². The summed E-state index contributed by atoms with van der Waals surface area (Å²) in [6, 6.07) is 0. The number of carboxylic acids is 1. The first kappa shape index (κ1) is 25.9. The van der Waals surface area contributed by atoms with Gasteiger partial charge in [0.15, 0.2) is 0 Å². The van der Waals surface area contributed by atoms with E-state index in [0.717, 1.165) is 38.5 Å². The fourth-order valence-corrected chi connectivity index (χ4v) is 3.24. The Kier molecular flexibility index (Phi) is 17.5. The van der Waals surface area contributed by atoms with Crippen molar-refractivity contribution in [3.63, 3.8) is 0 Å². The van der Waals surface area contributed by atoms with Crippen LogP contribution in [0.25, 0.3) is 0 Å². The number of carbonyl (C=O) groups is 2. The summed E-state index contributed by atoms with van der Waals surface area (Å²) in [6.07, 6.45) is 13.2. The number of unbranched alkanes of at least 4 members (excludes halogenated alkanes) is 10. The number of aliphatic carboxylic acids is 1. The monoisotopic (exact) mass is 386 g/mol. The molecule has 0 aliphatic rings. The zero-order valence-electron chi connectivity index (χ0n) is 17.6. The molecule has 0 bridgehead atoms. The Bertz CT molecular complexity index is 370. The lowest BCUT2D eigenvalue weighted by atomic mass is 10.0. The molecule has 0 saturated heterocycles. The van der Waals surface area contributed by atoms with Crippen LogP contribution < -0.4 is 0 Å². The number of ether oxygens (including phenoxy) is 1. The number of carboxylic acid groups (broad SMARTS) is 1. The summed E-state index contributed by atoms with van der Waals surface area (Å²) in [6.45, 7) is 4.35. The molecule has 0 aromatic rings. The highest BCUT2D eigenvalue weighted by atomic mass is 16.5. The second-order valence-corrected chi connectivity index (χ2v) is 7.68. The quantitative estimate of drug-likeness (QED) is 0.222. The molecule has 160 valence electrons. The molecule has 0 saturated carbocycles. The van der Waals surface area contributed by atoms with Crippen molar-refractivity contribution in [2.75, 3.05) is 0 Å². The molecule has 2 atom stereocenters. The molecule has 0 heterocycles. The Balaban J connectivity index is 4.00. The Hall–Kier alpha value is -1.10. The van der Waals surface area contributed by atoms with E-state index in [1.54, 1.807) is 0 Å². The van der Waals surface area contributed by atoms with E-state index in [1.165, 1.54) is 38.5 Å². The van der Waals surface area contributed by atoms with Crippen LogP contribution in [0.5, 0.6) is 0 Å². The van der Waals surface area contributed by atoms with Crippen molar-refractivity contribution in [1.82, 2.24) is 0 Å². The third-order valence-corrected chi connectivity index (χ3v) is 4.87. The average molecular weight is 387 g/mol. The summed E-state index contributed by atoms with van der Waals surface area (Å²) in [5, 5.41) is 19.0. The van der Waals surface area contributed by atoms with Crippen LogP contribution in [0.1, 0.15) is 117 Å². The first-order valence-electron chi connectivity index (χ1n) is 11.1. The molecule has 0 amide bonds. The SMILES string of the molecule is CCCCCCCCCC(CC(=O)O)OC(=O)CC(O)CCCCCCC. The molecule has 0 aliphatic carbocycles. The zero-order valence-corrected chi connectivity index (χ0v) is 17.6. The third-order valence-electron chi connectivity index (χ3n) is 4.87. The van der Waals surface area contributed by atoms with Gasteiger partial charge in [-0.05, 0) is 19.3 Å². The van der Waals surface area contributed by atoms with Gasteiger partial charge in [0, 0.05) is 0 Å². The van der Waals surface area contributed by atoms with Crippen LogP contribution in [0, 0.1) is 0 Å². The predicted molar refractivity (Wildman–Crippen MR) is 109 cm³/mol. The zero-order chi connectivity index (χ0) is 20.3. The summed E-state index contributed by atoms with van der Waals surface area (Å²) in [5.74, 6) is -1.43. The Morgan fingerprint density at radius 1 is 0.741 bits per heavy atom. The van der Waals surface area contributed by atoms with Gasteiger partial charge < -0.3 is 14.9 Å². The van der Waals surface area contributed by atoms with Gasteiger partial charge in [0.05, 0.1) is 18.9 Å². The molecule has 0 aliphatic heterocycles. The minimum Gasteiger partial charge on any atom is -0.481 e. The molecular weight excluding hydrogens is 344 g/mol. The highest BCUT2D eigenvalue weighted by molar-refractivity contribution is 5.71. The maximum atomic E-state index is 12.0. The van der Waals surface area contributed by atoms with Gasteiger partial charge in [-0.25, -0.2) is 0 Å². The number of esters is 1. The predicted octanol–water partition coefficient (Wildman–Crippen LogP) is 5.63. The van der Waals surface area contributed by atoms with Crippen LogP contribution >= 0.6 is 0 Å². The molecule has 0 fully saturated rings. The third kappa shape index (κ3) is 18.0. The van der Waals surface area contributed by atoms with Crippen molar-refractivity contribution in [1.29, 1.82) is 0 Å². The van der Waals surface area contributed by atoms with Gasteiger partial charge in [-0.15, -0.1) is 0 Å². The number of hydrogen-bond donors (Lipinski definition) is 2. The van der Waals surface area contributed by atoms with E-state index >= 15 is 0 Å². The Morgan fingerprint density at radius 2 is 1.22 bits per heavy atom. The van der Waals surface area contributed by atoms with Crippen LogP contribution in [-0.4, -0.2) is 34.4 Å². The minimum absolute atomic E-state index is 0.0408. The van der Waals surface area contributed by atoms with Gasteiger partial charge in [-0.2, -0.15) is 0 Å². The van der Waals surface area contributed by atoms with Crippen molar-refractivity contribution in [2.24, 2.45) is 0 Å². The van der Waals surface area contributed by atoms with Gasteiger partial charge in [0.25, 0.3) is 0 Å². The minimum atomic E-state index is -0.952. The lowest BCUT2D eigenvalue weighted by molar-refractivity contribution is -0.155. The van der Waals surface area contributed by atoms with Crippen LogP contribution in [0.15, 0.2) is 0 Å². The average Bonchev–Trinajstić information content (AvgIpc) is 2.60. The molecule has 0 aromatic carbocycles. The largest absolute Gasteiger partial charge is 0.481 e. The highest BCUT2D eigenvalue weighted by Gasteiger charge is 2.20. The number of aliphatic hydroxyl groups is 1. The number of aliphatic hydroxyl groups excluding tert-OH is 1. The highest BCUT2D eigenvalue weighted by Crippen LogP contribution is 2.15. The van der Waals surface area contributed by atoms with Crippen molar-refractivity contribution in [2.45, 2.75) is 129 Å². The van der Waals surface area contributed by atoms with Gasteiger partial charge in [-0.1, -0.05) is 84.5 Å².